The molecule has 1 aliphatic heterocycles. The van der Waals surface area contributed by atoms with Gasteiger partial charge >= 0.3 is 0 Å². The number of aliphatic hydroxyl groups is 1. The van der Waals surface area contributed by atoms with Crippen LogP contribution in [0.15, 0.2) is 24.3 Å². The number of aliphatic hydroxyl groups excluding tert-OH is 1. The normalized spacial score (nSPS) is 23.4. The molecule has 1 amide bonds. The molecule has 0 saturated carbocycles. The second kappa shape index (κ2) is 5.16. The highest BCUT2D eigenvalue weighted by Gasteiger charge is 2.27. The molecule has 1 aromatic carbocycles. The maximum absolute atomic E-state index is 11.0. The van der Waals surface area contributed by atoms with Crippen molar-refractivity contribution < 1.29 is 14.6 Å². The number of hydrogen-bond donors (Lipinski definition) is 3. The van der Waals surface area contributed by atoms with Gasteiger partial charge in [0.1, 0.15) is 18.0 Å². The van der Waals surface area contributed by atoms with Crippen LogP contribution < -0.4 is 15.4 Å². The molecule has 5 nitrogen and oxygen atoms in total. The second-order valence-corrected chi connectivity index (χ2v) is 4.06. The van der Waals surface area contributed by atoms with Gasteiger partial charge in [0.15, 0.2) is 0 Å². The van der Waals surface area contributed by atoms with Gasteiger partial charge in [0.05, 0.1) is 5.69 Å². The van der Waals surface area contributed by atoms with Crippen molar-refractivity contribution in [1.29, 1.82) is 0 Å². The first-order valence-corrected chi connectivity index (χ1v) is 5.59. The van der Waals surface area contributed by atoms with Gasteiger partial charge in [-0.05, 0) is 12.1 Å². The van der Waals surface area contributed by atoms with Crippen molar-refractivity contribution >= 4 is 11.6 Å². The highest BCUT2D eigenvalue weighted by Crippen LogP contribution is 2.25. The Morgan fingerprint density at radius 2 is 2.24 bits per heavy atom. The van der Waals surface area contributed by atoms with Crippen molar-refractivity contribution in [3.8, 4) is 5.75 Å². The van der Waals surface area contributed by atoms with Crippen molar-refractivity contribution in [2.75, 3.05) is 18.4 Å². The molecule has 2 unspecified atom stereocenters. The van der Waals surface area contributed by atoms with E-state index in [2.05, 4.69) is 10.6 Å². The van der Waals surface area contributed by atoms with Gasteiger partial charge in [-0.3, -0.25) is 4.79 Å². The largest absolute Gasteiger partial charge is 0.484 e. The van der Waals surface area contributed by atoms with Crippen LogP contribution in [0.2, 0.25) is 0 Å². The molecule has 0 spiro atoms. The first-order chi connectivity index (χ1) is 8.16. The number of para-hydroxylation sites is 2. The molecule has 2 atom stereocenters. The summed E-state index contributed by atoms with van der Waals surface area (Å²) >= 11 is 0. The molecule has 2 rings (SSSR count). The number of β-amino-alcohol motifs (C(OH)–C–C–N with tert-alkyl or cyclic N) is 1. The van der Waals surface area contributed by atoms with Gasteiger partial charge in [-0.2, -0.15) is 0 Å². The Morgan fingerprint density at radius 3 is 2.88 bits per heavy atom. The summed E-state index contributed by atoms with van der Waals surface area (Å²) in [5, 5.41) is 15.4. The van der Waals surface area contributed by atoms with E-state index < -0.39 is 6.10 Å². The summed E-state index contributed by atoms with van der Waals surface area (Å²) < 4.78 is 5.69. The molecule has 17 heavy (non-hydrogen) atoms. The molecule has 5 heteroatoms. The third-order valence-electron chi connectivity index (χ3n) is 2.60. The topological polar surface area (TPSA) is 70.6 Å². The Labute approximate surface area is 99.8 Å². The summed E-state index contributed by atoms with van der Waals surface area (Å²) in [5.74, 6) is 0.432. The lowest BCUT2D eigenvalue weighted by Crippen LogP contribution is -2.30. The standard InChI is InChI=1S/C12H16N2O3/c1-8(15)14-9-4-2-3-5-11(9)17-12-7-13-6-10(12)16/h2-5,10,12-13,16H,6-7H2,1H3,(H,14,15). The van der Waals surface area contributed by atoms with Crippen LogP contribution in [-0.2, 0) is 4.79 Å². The summed E-state index contributed by atoms with van der Waals surface area (Å²) in [7, 11) is 0. The lowest BCUT2D eigenvalue weighted by atomic mass is 10.2. The van der Waals surface area contributed by atoms with Crippen molar-refractivity contribution in [3.63, 3.8) is 0 Å². The maximum Gasteiger partial charge on any atom is 0.221 e. The summed E-state index contributed by atoms with van der Waals surface area (Å²) in [4.78, 5) is 11.0. The van der Waals surface area contributed by atoms with Gasteiger partial charge in [0.2, 0.25) is 5.91 Å². The lowest BCUT2D eigenvalue weighted by Gasteiger charge is -2.18. The Balaban J connectivity index is 2.11. The zero-order valence-electron chi connectivity index (χ0n) is 9.64. The molecular weight excluding hydrogens is 220 g/mol. The molecule has 3 N–H and O–H groups in total. The molecule has 0 radical (unpaired) electrons. The van der Waals surface area contributed by atoms with Crippen LogP contribution in [0, 0.1) is 0 Å². The van der Waals surface area contributed by atoms with Crippen molar-refractivity contribution in [3.05, 3.63) is 24.3 Å². The lowest BCUT2D eigenvalue weighted by molar-refractivity contribution is -0.114. The van der Waals surface area contributed by atoms with Gasteiger partial charge in [0.25, 0.3) is 0 Å². The van der Waals surface area contributed by atoms with Crippen molar-refractivity contribution in [1.82, 2.24) is 5.32 Å². The van der Waals surface area contributed by atoms with Crippen LogP contribution in [0.4, 0.5) is 5.69 Å². The van der Waals surface area contributed by atoms with E-state index in [0.29, 0.717) is 24.5 Å². The van der Waals surface area contributed by atoms with Crippen molar-refractivity contribution in [2.24, 2.45) is 0 Å². The number of ether oxygens (including phenoxy) is 1. The monoisotopic (exact) mass is 236 g/mol. The summed E-state index contributed by atoms with van der Waals surface area (Å²) in [6, 6.07) is 7.19. The molecule has 0 bridgehead atoms. The van der Waals surface area contributed by atoms with Crippen LogP contribution in [0.5, 0.6) is 5.75 Å². The van der Waals surface area contributed by atoms with Crippen LogP contribution in [0.25, 0.3) is 0 Å². The molecule has 1 fully saturated rings. The average molecular weight is 236 g/mol. The fourth-order valence-corrected chi connectivity index (χ4v) is 1.79. The van der Waals surface area contributed by atoms with E-state index in [9.17, 15) is 9.90 Å². The summed E-state index contributed by atoms with van der Waals surface area (Å²) in [5.41, 5.74) is 0.624. The van der Waals surface area contributed by atoms with Gasteiger partial charge in [-0.15, -0.1) is 0 Å². The predicted molar refractivity (Wildman–Crippen MR) is 64.0 cm³/mol. The summed E-state index contributed by atoms with van der Waals surface area (Å²) in [6.07, 6.45) is -0.787. The SMILES string of the molecule is CC(=O)Nc1ccccc1OC1CNCC1O. The number of nitrogens with one attached hydrogen (secondary N) is 2. The fraction of sp³-hybridized carbons (Fsp3) is 0.417. The highest BCUT2D eigenvalue weighted by molar-refractivity contribution is 5.90. The zero-order valence-corrected chi connectivity index (χ0v) is 9.64. The summed E-state index contributed by atoms with van der Waals surface area (Å²) in [6.45, 7) is 2.59. The number of amides is 1. The van der Waals surface area contributed by atoms with E-state index in [1.54, 1.807) is 12.1 Å². The number of hydrogen-bond acceptors (Lipinski definition) is 4. The predicted octanol–water partition coefficient (Wildman–Crippen LogP) is 0.356. The quantitative estimate of drug-likeness (QED) is 0.708. The third-order valence-corrected chi connectivity index (χ3v) is 2.60. The Kier molecular flexibility index (Phi) is 3.61. The number of benzene rings is 1. The minimum absolute atomic E-state index is 0.147. The minimum Gasteiger partial charge on any atom is -0.484 e. The van der Waals surface area contributed by atoms with E-state index in [1.807, 2.05) is 12.1 Å². The number of rotatable bonds is 3. The van der Waals surface area contributed by atoms with E-state index in [-0.39, 0.29) is 12.0 Å². The second-order valence-electron chi connectivity index (χ2n) is 4.06. The third kappa shape index (κ3) is 2.95. The molecule has 1 aliphatic rings. The Morgan fingerprint density at radius 1 is 1.47 bits per heavy atom. The van der Waals surface area contributed by atoms with Gasteiger partial charge in [0, 0.05) is 20.0 Å². The number of carbonyl (C=O) groups is 1. The smallest absolute Gasteiger partial charge is 0.221 e. The van der Waals surface area contributed by atoms with E-state index in [0.717, 1.165) is 0 Å². The Bertz CT molecular complexity index is 408. The average Bonchev–Trinajstić information content (AvgIpc) is 2.67. The van der Waals surface area contributed by atoms with E-state index in [1.165, 1.54) is 6.92 Å². The molecule has 1 aromatic rings. The first-order valence-electron chi connectivity index (χ1n) is 5.59. The first kappa shape index (κ1) is 11.9. The highest BCUT2D eigenvalue weighted by atomic mass is 16.5. The van der Waals surface area contributed by atoms with Crippen LogP contribution in [-0.4, -0.2) is 36.3 Å². The Hall–Kier alpha value is -1.59. The van der Waals surface area contributed by atoms with Gasteiger partial charge < -0.3 is 20.5 Å². The van der Waals surface area contributed by atoms with Crippen LogP contribution >= 0.6 is 0 Å². The van der Waals surface area contributed by atoms with E-state index >= 15 is 0 Å². The molecule has 1 heterocycles. The maximum atomic E-state index is 11.0. The number of carbonyl (C=O) groups excluding carboxylic acids is 1. The molecule has 0 aliphatic carbocycles. The molecule has 92 valence electrons. The fourth-order valence-electron chi connectivity index (χ4n) is 1.79. The van der Waals surface area contributed by atoms with Gasteiger partial charge in [-0.1, -0.05) is 12.1 Å². The minimum atomic E-state index is -0.514. The zero-order chi connectivity index (χ0) is 12.3. The molecule has 1 saturated heterocycles. The van der Waals surface area contributed by atoms with Crippen LogP contribution in [0.3, 0.4) is 0 Å². The molecular formula is C12H16N2O3. The van der Waals surface area contributed by atoms with E-state index in [4.69, 9.17) is 4.74 Å². The number of anilines is 1. The van der Waals surface area contributed by atoms with Gasteiger partial charge in [-0.25, -0.2) is 0 Å². The van der Waals surface area contributed by atoms with Crippen LogP contribution in [0.1, 0.15) is 6.92 Å². The van der Waals surface area contributed by atoms with Crippen molar-refractivity contribution in [2.45, 2.75) is 19.1 Å². The molecule has 0 aromatic heterocycles.